The van der Waals surface area contributed by atoms with Crippen LogP contribution in [0.15, 0.2) is 16.6 Å². The minimum atomic E-state index is -0.719. The van der Waals surface area contributed by atoms with Gasteiger partial charge >= 0.3 is 0 Å². The maximum absolute atomic E-state index is 13.3. The van der Waals surface area contributed by atoms with Gasteiger partial charge in [-0.1, -0.05) is 22.9 Å². The highest BCUT2D eigenvalue weighted by molar-refractivity contribution is 9.10. The van der Waals surface area contributed by atoms with Gasteiger partial charge in [0.2, 0.25) is 5.91 Å². The molecule has 0 bridgehead atoms. The molecular formula is C10H11BrF2N2O. The second kappa shape index (κ2) is 5.25. The third kappa shape index (κ3) is 3.16. The molecule has 0 aliphatic rings. The fourth-order valence-electron chi connectivity index (χ4n) is 1.07. The van der Waals surface area contributed by atoms with Crippen LogP contribution in [0.4, 0.5) is 14.5 Å². The van der Waals surface area contributed by atoms with Gasteiger partial charge in [-0.25, -0.2) is 8.78 Å². The predicted molar refractivity (Wildman–Crippen MR) is 60.9 cm³/mol. The summed E-state index contributed by atoms with van der Waals surface area (Å²) in [6.07, 6.45) is 0. The van der Waals surface area contributed by atoms with Crippen molar-refractivity contribution in [3.05, 3.63) is 28.2 Å². The van der Waals surface area contributed by atoms with Crippen LogP contribution in [0.1, 0.15) is 6.92 Å². The Hall–Kier alpha value is -1.17. The topological polar surface area (TPSA) is 55.1 Å². The lowest BCUT2D eigenvalue weighted by atomic mass is 10.1. The van der Waals surface area contributed by atoms with E-state index in [0.29, 0.717) is 4.47 Å². The molecule has 0 fully saturated rings. The summed E-state index contributed by atoms with van der Waals surface area (Å²) in [6, 6.07) is 2.28. The fraction of sp³-hybridized carbons (Fsp3) is 0.300. The molecule has 0 aliphatic heterocycles. The van der Waals surface area contributed by atoms with Crippen molar-refractivity contribution >= 4 is 27.5 Å². The van der Waals surface area contributed by atoms with Gasteiger partial charge in [0.25, 0.3) is 0 Å². The number of hydrogen-bond donors (Lipinski definition) is 2. The van der Waals surface area contributed by atoms with Gasteiger partial charge in [-0.2, -0.15) is 0 Å². The summed E-state index contributed by atoms with van der Waals surface area (Å²) in [7, 11) is 0. The van der Waals surface area contributed by atoms with Crippen LogP contribution in [-0.4, -0.2) is 12.5 Å². The number of carbonyl (C=O) groups is 1. The molecule has 1 atom stereocenters. The summed E-state index contributed by atoms with van der Waals surface area (Å²) in [5.41, 5.74) is 4.77. The van der Waals surface area contributed by atoms with E-state index in [4.69, 9.17) is 5.73 Å². The van der Waals surface area contributed by atoms with E-state index < -0.39 is 23.5 Å². The average molecular weight is 293 g/mol. The molecule has 1 aromatic carbocycles. The van der Waals surface area contributed by atoms with Crippen LogP contribution in [0.2, 0.25) is 0 Å². The number of rotatable bonds is 4. The number of amides is 1. The molecule has 0 saturated carbocycles. The van der Waals surface area contributed by atoms with E-state index in [1.807, 2.05) is 0 Å². The molecule has 88 valence electrons. The summed E-state index contributed by atoms with van der Waals surface area (Å²) in [4.78, 5) is 10.7. The van der Waals surface area contributed by atoms with E-state index in [2.05, 4.69) is 21.2 Å². The summed E-state index contributed by atoms with van der Waals surface area (Å²) in [5, 5.41) is 2.52. The number of benzene rings is 1. The predicted octanol–water partition coefficient (Wildman–Crippen LogP) is 2.26. The Morgan fingerprint density at radius 3 is 2.44 bits per heavy atom. The first-order valence-corrected chi connectivity index (χ1v) is 5.39. The highest BCUT2D eigenvalue weighted by Gasteiger charge is 2.13. The first-order chi connectivity index (χ1) is 7.41. The summed E-state index contributed by atoms with van der Waals surface area (Å²) >= 11 is 2.97. The third-order valence-corrected chi connectivity index (χ3v) is 2.54. The zero-order valence-corrected chi connectivity index (χ0v) is 10.1. The van der Waals surface area contributed by atoms with Crippen molar-refractivity contribution in [1.29, 1.82) is 0 Å². The zero-order chi connectivity index (χ0) is 12.3. The Balaban J connectivity index is 2.78. The second-order valence-electron chi connectivity index (χ2n) is 3.43. The first kappa shape index (κ1) is 12.9. The molecule has 3 N–H and O–H groups in total. The summed E-state index contributed by atoms with van der Waals surface area (Å²) in [5.74, 6) is -2.46. The van der Waals surface area contributed by atoms with Crippen LogP contribution in [0.5, 0.6) is 0 Å². The van der Waals surface area contributed by atoms with Crippen molar-refractivity contribution in [2.75, 3.05) is 11.9 Å². The number of nitrogens with one attached hydrogen (secondary N) is 1. The molecule has 6 heteroatoms. The van der Waals surface area contributed by atoms with Gasteiger partial charge in [-0.3, -0.25) is 4.79 Å². The van der Waals surface area contributed by atoms with Gasteiger partial charge in [0.15, 0.2) is 0 Å². The minimum Gasteiger partial charge on any atom is -0.380 e. The van der Waals surface area contributed by atoms with E-state index in [-0.39, 0.29) is 12.2 Å². The van der Waals surface area contributed by atoms with E-state index in [1.54, 1.807) is 6.92 Å². The van der Waals surface area contributed by atoms with Crippen molar-refractivity contribution in [1.82, 2.24) is 0 Å². The number of carbonyl (C=O) groups excluding carboxylic acids is 1. The molecule has 1 unspecified atom stereocenters. The van der Waals surface area contributed by atoms with Crippen molar-refractivity contribution in [3.8, 4) is 0 Å². The van der Waals surface area contributed by atoms with Gasteiger partial charge < -0.3 is 11.1 Å². The van der Waals surface area contributed by atoms with Crippen molar-refractivity contribution in [2.24, 2.45) is 11.7 Å². The average Bonchev–Trinajstić information content (AvgIpc) is 2.15. The van der Waals surface area contributed by atoms with Crippen molar-refractivity contribution < 1.29 is 13.6 Å². The van der Waals surface area contributed by atoms with Crippen LogP contribution < -0.4 is 11.1 Å². The van der Waals surface area contributed by atoms with E-state index >= 15 is 0 Å². The fourth-order valence-corrected chi connectivity index (χ4v) is 1.47. The number of anilines is 1. The smallest absolute Gasteiger partial charge is 0.222 e. The highest BCUT2D eigenvalue weighted by Crippen LogP contribution is 2.23. The Bertz CT molecular complexity index is 389. The van der Waals surface area contributed by atoms with Gasteiger partial charge in [-0.15, -0.1) is 0 Å². The molecule has 1 amide bonds. The maximum Gasteiger partial charge on any atom is 0.222 e. The number of halogens is 3. The highest BCUT2D eigenvalue weighted by atomic mass is 79.9. The molecule has 0 radical (unpaired) electrons. The van der Waals surface area contributed by atoms with E-state index in [0.717, 1.165) is 12.1 Å². The third-order valence-electron chi connectivity index (χ3n) is 2.08. The Labute approximate surface area is 100 Å². The van der Waals surface area contributed by atoms with Gasteiger partial charge in [0, 0.05) is 11.0 Å². The molecule has 0 spiro atoms. The van der Waals surface area contributed by atoms with Crippen LogP contribution in [0, 0.1) is 17.6 Å². The van der Waals surface area contributed by atoms with Crippen LogP contribution in [0.3, 0.4) is 0 Å². The second-order valence-corrected chi connectivity index (χ2v) is 4.34. The molecule has 0 saturated heterocycles. The zero-order valence-electron chi connectivity index (χ0n) is 8.56. The van der Waals surface area contributed by atoms with Gasteiger partial charge in [0.05, 0.1) is 5.92 Å². The van der Waals surface area contributed by atoms with E-state index in [9.17, 15) is 13.6 Å². The molecule has 0 aromatic heterocycles. The lowest BCUT2D eigenvalue weighted by molar-refractivity contribution is -0.120. The molecule has 16 heavy (non-hydrogen) atoms. The molecule has 0 heterocycles. The van der Waals surface area contributed by atoms with Crippen LogP contribution >= 0.6 is 15.9 Å². The SMILES string of the molecule is CC(CNc1c(F)cc(Br)cc1F)C(N)=O. The number of primary amides is 1. The lowest BCUT2D eigenvalue weighted by Crippen LogP contribution is -2.27. The standard InChI is InChI=1S/C10H11BrF2N2O/c1-5(10(14)16)4-15-9-7(12)2-6(11)3-8(9)13/h2-3,5,15H,4H2,1H3,(H2,14,16). The summed E-state index contributed by atoms with van der Waals surface area (Å²) < 4.78 is 26.9. The molecule has 3 nitrogen and oxygen atoms in total. The van der Waals surface area contributed by atoms with Gasteiger partial charge in [0.1, 0.15) is 17.3 Å². The Morgan fingerprint density at radius 1 is 1.50 bits per heavy atom. The lowest BCUT2D eigenvalue weighted by Gasteiger charge is -2.12. The van der Waals surface area contributed by atoms with Crippen LogP contribution in [0.25, 0.3) is 0 Å². The van der Waals surface area contributed by atoms with Crippen LogP contribution in [-0.2, 0) is 4.79 Å². The molecule has 1 aromatic rings. The normalized spacial score (nSPS) is 12.2. The summed E-state index contributed by atoms with van der Waals surface area (Å²) in [6.45, 7) is 1.66. The monoisotopic (exact) mass is 292 g/mol. The Morgan fingerprint density at radius 2 is 2.00 bits per heavy atom. The van der Waals surface area contributed by atoms with E-state index in [1.165, 1.54) is 0 Å². The maximum atomic E-state index is 13.3. The number of nitrogens with two attached hydrogens (primary N) is 1. The first-order valence-electron chi connectivity index (χ1n) is 4.59. The molecular weight excluding hydrogens is 282 g/mol. The van der Waals surface area contributed by atoms with Crippen molar-refractivity contribution in [2.45, 2.75) is 6.92 Å². The quantitative estimate of drug-likeness (QED) is 0.894. The Kier molecular flexibility index (Phi) is 4.23. The number of hydrogen-bond acceptors (Lipinski definition) is 2. The van der Waals surface area contributed by atoms with Gasteiger partial charge in [-0.05, 0) is 12.1 Å². The minimum absolute atomic E-state index is 0.0881. The van der Waals surface area contributed by atoms with Crippen molar-refractivity contribution in [3.63, 3.8) is 0 Å². The molecule has 1 rings (SSSR count). The molecule has 0 aliphatic carbocycles. The largest absolute Gasteiger partial charge is 0.380 e.